The Bertz CT molecular complexity index is 4490. The molecule has 4 nitrogen and oxygen atoms in total. The van der Waals surface area contributed by atoms with Crippen molar-refractivity contribution < 1.29 is 0 Å². The Hall–Kier alpha value is -10.9. The lowest BCUT2D eigenvalue weighted by Crippen LogP contribution is -2.30. The summed E-state index contributed by atoms with van der Waals surface area (Å²) in [6.07, 6.45) is 36.2. The van der Waals surface area contributed by atoms with Crippen LogP contribution in [0.4, 0.5) is 51.2 Å². The van der Waals surface area contributed by atoms with E-state index in [1.807, 2.05) is 12.2 Å². The summed E-state index contributed by atoms with van der Waals surface area (Å²) in [4.78, 5) is 9.40. The van der Waals surface area contributed by atoms with E-state index in [0.717, 1.165) is 90.4 Å². The van der Waals surface area contributed by atoms with Gasteiger partial charge in [0.05, 0.1) is 5.41 Å². The van der Waals surface area contributed by atoms with Crippen LogP contribution in [0.25, 0.3) is 27.8 Å². The first-order chi connectivity index (χ1) is 45.9. The summed E-state index contributed by atoms with van der Waals surface area (Å²) in [5.41, 5.74) is 27.5. The van der Waals surface area contributed by atoms with E-state index in [4.69, 9.17) is 0 Å². The molecule has 10 aromatic rings. The molecule has 10 aromatic carbocycles. The van der Waals surface area contributed by atoms with Gasteiger partial charge in [0.25, 0.3) is 0 Å². The van der Waals surface area contributed by atoms with Crippen LogP contribution < -0.4 is 19.6 Å². The predicted octanol–water partition coefficient (Wildman–Crippen LogP) is 24.2. The largest absolute Gasteiger partial charge is 0.345 e. The van der Waals surface area contributed by atoms with Crippen LogP contribution in [0.15, 0.2) is 356 Å². The van der Waals surface area contributed by atoms with Gasteiger partial charge in [-0.15, -0.1) is 0 Å². The average Bonchev–Trinajstić information content (AvgIpc) is 1.56. The zero-order chi connectivity index (χ0) is 62.9. The van der Waals surface area contributed by atoms with Crippen LogP contribution in [0.1, 0.15) is 79.7 Å². The smallest absolute Gasteiger partial charge is 0.0710 e. The number of para-hydroxylation sites is 3. The summed E-state index contributed by atoms with van der Waals surface area (Å²) in [5.74, 6) is 0. The first kappa shape index (κ1) is 59.7. The van der Waals surface area contributed by atoms with Crippen LogP contribution in [-0.4, -0.2) is 7.05 Å². The number of hydrogen-bond donors (Lipinski definition) is 0. The Labute approximate surface area is 550 Å². The molecule has 0 spiro atoms. The first-order valence-electron chi connectivity index (χ1n) is 33.0. The summed E-state index contributed by atoms with van der Waals surface area (Å²) < 4.78 is 0. The fourth-order valence-electron chi connectivity index (χ4n) is 14.0. The quantitative estimate of drug-likeness (QED) is 0.101. The van der Waals surface area contributed by atoms with Crippen molar-refractivity contribution >= 4 is 56.8 Å². The normalized spacial score (nSPS) is 16.0. The standard InChI is InChI=1S/C82H70N4.C7H8/c1-59-29-55-78-79-56-30-60(2)58-81(79)82(80(78)57-59,65-39-51-76(52-40-65)85(71-25-15-7-16-26-71)74-47-35-62(36-48-74)61-31-43-68(44-32-61)83(3)67-19-9-4-10-20-67)66-41-53-77(54-42-66)86(72-27-17-8-18-28-72)75-49-37-64(38-50-75)63-33-45-73(46-34-63)84(69-21-11-5-12-22-69)70-23-13-6-14-24-70;1-2-4-6-7-5-3-1/h5-7,9,11-17,19-29,31-55,57-58H,4,8,10,18,30,56H2,1-3H3;1-6H,7H2. The van der Waals surface area contributed by atoms with Crippen LogP contribution in [-0.2, 0) is 5.41 Å². The van der Waals surface area contributed by atoms with Crippen LogP contribution in [0.2, 0.25) is 0 Å². The van der Waals surface area contributed by atoms with Gasteiger partial charge in [-0.1, -0.05) is 224 Å². The Morgan fingerprint density at radius 1 is 0.344 bits per heavy atom. The van der Waals surface area contributed by atoms with Crippen molar-refractivity contribution in [2.45, 2.75) is 64.2 Å². The van der Waals surface area contributed by atoms with Crippen LogP contribution in [0.5, 0.6) is 0 Å². The topological polar surface area (TPSA) is 13.0 Å². The summed E-state index contributed by atoms with van der Waals surface area (Å²) in [6.45, 7) is 4.56. The Morgan fingerprint density at radius 2 is 0.742 bits per heavy atom. The molecule has 0 bridgehead atoms. The molecule has 1 atom stereocenters. The second kappa shape index (κ2) is 27.3. The summed E-state index contributed by atoms with van der Waals surface area (Å²) in [7, 11) is 2.15. The van der Waals surface area contributed by atoms with E-state index >= 15 is 0 Å². The van der Waals surface area contributed by atoms with Gasteiger partial charge in [-0.3, -0.25) is 0 Å². The molecule has 1 unspecified atom stereocenters. The van der Waals surface area contributed by atoms with Gasteiger partial charge in [0.15, 0.2) is 0 Å². The molecular formula is C89H78N4. The van der Waals surface area contributed by atoms with Crippen molar-refractivity contribution in [3.8, 4) is 22.3 Å². The van der Waals surface area contributed by atoms with E-state index in [2.05, 4.69) is 362 Å². The highest BCUT2D eigenvalue weighted by Crippen LogP contribution is 2.58. The van der Waals surface area contributed by atoms with Gasteiger partial charge < -0.3 is 19.6 Å². The number of nitrogens with zero attached hydrogens (tertiary/aromatic N) is 4. The first-order valence-corrected chi connectivity index (χ1v) is 33.0. The van der Waals surface area contributed by atoms with Crippen molar-refractivity contribution in [2.75, 3.05) is 26.6 Å². The number of fused-ring (bicyclic) bond motifs is 2. The zero-order valence-electron chi connectivity index (χ0n) is 53.5. The van der Waals surface area contributed by atoms with Gasteiger partial charge >= 0.3 is 0 Å². The number of likely N-dealkylation sites (N-methyl/N-ethyl adjacent to an activating group) is 1. The SMILES string of the molecule is C1=CC=CCC=C1.CC1=CC2=C(CC1)c1ccc(C)cc1C2(c1ccc(N(C2=CCCC=C2)c2ccc(-c3ccc(N(c4ccccc4)c4ccccc4)cc3)cc2)cc1)c1ccc(N(c2ccccc2)c2ccc(-c3ccc(N(C)C4=CCCC=C4)cc3)cc2)cc1. The average molecular weight is 1200 g/mol. The van der Waals surface area contributed by atoms with E-state index in [1.165, 1.54) is 83.9 Å². The third-order valence-corrected chi connectivity index (χ3v) is 18.7. The summed E-state index contributed by atoms with van der Waals surface area (Å²) in [5, 5.41) is 0. The minimum absolute atomic E-state index is 0.547. The van der Waals surface area contributed by atoms with E-state index < -0.39 is 5.41 Å². The molecule has 4 heteroatoms. The predicted molar refractivity (Wildman–Crippen MR) is 396 cm³/mol. The minimum atomic E-state index is -0.547. The second-order valence-electron chi connectivity index (χ2n) is 24.7. The highest BCUT2D eigenvalue weighted by molar-refractivity contribution is 5.90. The Morgan fingerprint density at radius 3 is 1.17 bits per heavy atom. The third-order valence-electron chi connectivity index (χ3n) is 18.7. The van der Waals surface area contributed by atoms with Crippen molar-refractivity contribution in [2.24, 2.45) is 0 Å². The van der Waals surface area contributed by atoms with Crippen molar-refractivity contribution in [1.29, 1.82) is 0 Å². The van der Waals surface area contributed by atoms with E-state index in [9.17, 15) is 0 Å². The van der Waals surface area contributed by atoms with Crippen molar-refractivity contribution in [3.05, 3.63) is 384 Å². The van der Waals surface area contributed by atoms with E-state index in [0.29, 0.717) is 0 Å². The van der Waals surface area contributed by atoms with Gasteiger partial charge in [-0.25, -0.2) is 0 Å². The van der Waals surface area contributed by atoms with Gasteiger partial charge in [0, 0.05) is 69.6 Å². The number of hydrogen-bond acceptors (Lipinski definition) is 4. The Kier molecular flexibility index (Phi) is 17.5. The fourth-order valence-corrected chi connectivity index (χ4v) is 14.0. The molecule has 15 rings (SSSR count). The molecule has 93 heavy (non-hydrogen) atoms. The Balaban J connectivity index is 0.00000101. The van der Waals surface area contributed by atoms with Crippen LogP contribution >= 0.6 is 0 Å². The number of anilines is 9. The molecule has 0 saturated heterocycles. The highest BCUT2D eigenvalue weighted by Gasteiger charge is 2.48. The van der Waals surface area contributed by atoms with Gasteiger partial charge in [0.1, 0.15) is 0 Å². The van der Waals surface area contributed by atoms with Crippen molar-refractivity contribution in [3.63, 3.8) is 0 Å². The molecule has 0 fully saturated rings. The lowest BCUT2D eigenvalue weighted by molar-refractivity contribution is 0.752. The minimum Gasteiger partial charge on any atom is -0.345 e. The molecule has 5 aliphatic carbocycles. The molecule has 0 N–H and O–H groups in total. The lowest BCUT2D eigenvalue weighted by Gasteiger charge is -2.37. The lowest BCUT2D eigenvalue weighted by atomic mass is 9.65. The van der Waals surface area contributed by atoms with E-state index in [-0.39, 0.29) is 0 Å². The van der Waals surface area contributed by atoms with Crippen molar-refractivity contribution in [1.82, 2.24) is 0 Å². The molecule has 0 saturated carbocycles. The molecule has 0 aromatic heterocycles. The summed E-state index contributed by atoms with van der Waals surface area (Å²) in [6, 6.07) is 94.3. The van der Waals surface area contributed by atoms with E-state index in [1.54, 1.807) is 0 Å². The number of benzene rings is 10. The molecule has 0 aliphatic heterocycles. The maximum atomic E-state index is 2.52. The van der Waals surface area contributed by atoms with Gasteiger partial charge in [-0.05, 0) is 236 Å². The highest BCUT2D eigenvalue weighted by atomic mass is 15.2. The molecule has 5 aliphatic rings. The number of rotatable bonds is 15. The molecule has 0 radical (unpaired) electrons. The van der Waals surface area contributed by atoms with Crippen LogP contribution in [0, 0.1) is 6.92 Å². The number of aryl methyl sites for hydroxylation is 1. The molecular weight excluding hydrogens is 1130 g/mol. The molecule has 0 amide bonds. The second-order valence-corrected chi connectivity index (χ2v) is 24.7. The van der Waals surface area contributed by atoms with Gasteiger partial charge in [0.2, 0.25) is 0 Å². The zero-order valence-corrected chi connectivity index (χ0v) is 53.5. The number of allylic oxidation sites excluding steroid dienone is 16. The molecule has 454 valence electrons. The monoisotopic (exact) mass is 1200 g/mol. The maximum Gasteiger partial charge on any atom is 0.0710 e. The van der Waals surface area contributed by atoms with Gasteiger partial charge in [-0.2, -0.15) is 0 Å². The van der Waals surface area contributed by atoms with Crippen LogP contribution in [0.3, 0.4) is 0 Å². The summed E-state index contributed by atoms with van der Waals surface area (Å²) >= 11 is 0. The molecule has 0 heterocycles. The fraction of sp³-hybridized carbons (Fsp3) is 0.124. The maximum absolute atomic E-state index is 2.52. The third kappa shape index (κ3) is 12.4.